The SMILES string of the molecule is COC(=O)C1=C(C)N(CCc2ccc(OC)cc2)C(=O)C1=Cc1ccc(O)c(OC)c1. The van der Waals surface area contributed by atoms with Gasteiger partial charge in [-0.25, -0.2) is 4.79 Å². The molecule has 0 atom stereocenters. The molecule has 7 heteroatoms. The number of esters is 1. The van der Waals surface area contributed by atoms with Crippen LogP contribution < -0.4 is 9.47 Å². The van der Waals surface area contributed by atoms with Crippen molar-refractivity contribution in [1.82, 2.24) is 4.90 Å². The molecule has 0 radical (unpaired) electrons. The van der Waals surface area contributed by atoms with E-state index in [0.717, 1.165) is 11.3 Å². The van der Waals surface area contributed by atoms with Gasteiger partial charge in [-0.3, -0.25) is 4.79 Å². The summed E-state index contributed by atoms with van der Waals surface area (Å²) >= 11 is 0. The van der Waals surface area contributed by atoms with Crippen LogP contribution in [0.25, 0.3) is 6.08 Å². The molecule has 1 amide bonds. The average molecular weight is 423 g/mol. The van der Waals surface area contributed by atoms with Gasteiger partial charge >= 0.3 is 5.97 Å². The maximum Gasteiger partial charge on any atom is 0.340 e. The summed E-state index contributed by atoms with van der Waals surface area (Å²) in [6.45, 7) is 2.14. The summed E-state index contributed by atoms with van der Waals surface area (Å²) in [5.74, 6) is 0.174. The molecule has 1 N–H and O–H groups in total. The Hall–Kier alpha value is -3.74. The predicted octanol–water partition coefficient (Wildman–Crippen LogP) is 3.32. The Kier molecular flexibility index (Phi) is 6.65. The lowest BCUT2D eigenvalue weighted by molar-refractivity contribution is -0.136. The molecule has 2 aromatic rings. The van der Waals surface area contributed by atoms with Crippen LogP contribution in [0.1, 0.15) is 18.1 Å². The Morgan fingerprint density at radius 2 is 1.77 bits per heavy atom. The standard InChI is InChI=1S/C24H25NO6/c1-15-22(24(28)31-4)19(13-17-7-10-20(26)21(14-17)30-3)23(27)25(15)12-11-16-5-8-18(29-2)9-6-16/h5-10,13-14,26H,11-12H2,1-4H3. The van der Waals surface area contributed by atoms with Gasteiger partial charge in [-0.1, -0.05) is 18.2 Å². The summed E-state index contributed by atoms with van der Waals surface area (Å²) in [6, 6.07) is 12.3. The van der Waals surface area contributed by atoms with Crippen molar-refractivity contribution in [3.63, 3.8) is 0 Å². The second-order valence-corrected chi connectivity index (χ2v) is 7.00. The predicted molar refractivity (Wildman–Crippen MR) is 116 cm³/mol. The van der Waals surface area contributed by atoms with Crippen molar-refractivity contribution >= 4 is 18.0 Å². The summed E-state index contributed by atoms with van der Waals surface area (Å²) < 4.78 is 15.2. The molecule has 1 heterocycles. The van der Waals surface area contributed by atoms with Crippen molar-refractivity contribution in [3.8, 4) is 17.2 Å². The summed E-state index contributed by atoms with van der Waals surface area (Å²) in [5.41, 5.74) is 2.68. The van der Waals surface area contributed by atoms with Crippen molar-refractivity contribution in [2.24, 2.45) is 0 Å². The maximum atomic E-state index is 13.2. The summed E-state index contributed by atoms with van der Waals surface area (Å²) in [5, 5.41) is 9.81. The quantitative estimate of drug-likeness (QED) is 0.543. The lowest BCUT2D eigenvalue weighted by atomic mass is 10.0. The minimum atomic E-state index is -0.574. The Morgan fingerprint density at radius 3 is 2.39 bits per heavy atom. The Morgan fingerprint density at radius 1 is 1.06 bits per heavy atom. The monoisotopic (exact) mass is 423 g/mol. The normalized spacial score (nSPS) is 14.9. The molecule has 0 aliphatic carbocycles. The number of benzene rings is 2. The fraction of sp³-hybridized carbons (Fsp3) is 0.250. The molecule has 162 valence electrons. The van der Waals surface area contributed by atoms with Crippen LogP contribution in [0.5, 0.6) is 17.2 Å². The third-order valence-electron chi connectivity index (χ3n) is 5.20. The Labute approximate surface area is 181 Å². The van der Waals surface area contributed by atoms with Crippen molar-refractivity contribution < 1.29 is 28.9 Å². The molecule has 1 aliphatic heterocycles. The van der Waals surface area contributed by atoms with Crippen LogP contribution in [-0.4, -0.2) is 49.8 Å². The van der Waals surface area contributed by atoms with E-state index in [4.69, 9.17) is 14.2 Å². The Bertz CT molecular complexity index is 1050. The van der Waals surface area contributed by atoms with Gasteiger partial charge in [-0.05, 0) is 54.8 Å². The number of ether oxygens (including phenoxy) is 3. The second kappa shape index (κ2) is 9.38. The lowest BCUT2D eigenvalue weighted by Gasteiger charge is -2.18. The first kappa shape index (κ1) is 22.0. The van der Waals surface area contributed by atoms with Crippen LogP contribution in [0.2, 0.25) is 0 Å². The molecule has 0 bridgehead atoms. The number of phenols is 1. The van der Waals surface area contributed by atoms with Crippen LogP contribution in [0.15, 0.2) is 59.3 Å². The highest BCUT2D eigenvalue weighted by molar-refractivity contribution is 6.16. The molecule has 3 rings (SSSR count). The van der Waals surface area contributed by atoms with Crippen molar-refractivity contribution in [3.05, 3.63) is 70.4 Å². The third kappa shape index (κ3) is 4.55. The molecule has 2 aromatic carbocycles. The molecule has 0 saturated carbocycles. The zero-order valence-corrected chi connectivity index (χ0v) is 18.0. The molecule has 0 spiro atoms. The summed E-state index contributed by atoms with van der Waals surface area (Å²) in [7, 11) is 4.34. The van der Waals surface area contributed by atoms with Crippen molar-refractivity contribution in [2.75, 3.05) is 27.9 Å². The van der Waals surface area contributed by atoms with Gasteiger partial charge in [0.1, 0.15) is 5.75 Å². The lowest BCUT2D eigenvalue weighted by Crippen LogP contribution is -2.27. The number of phenolic OH excluding ortho intramolecular Hbond substituents is 1. The van der Waals surface area contributed by atoms with Gasteiger partial charge in [0.05, 0.1) is 32.5 Å². The van der Waals surface area contributed by atoms with Crippen LogP contribution in [0.4, 0.5) is 0 Å². The number of carbonyl (C=O) groups excluding carboxylic acids is 2. The van der Waals surface area contributed by atoms with Crippen LogP contribution in [0.3, 0.4) is 0 Å². The van der Waals surface area contributed by atoms with E-state index in [-0.39, 0.29) is 28.6 Å². The fourth-order valence-corrected chi connectivity index (χ4v) is 3.48. The van der Waals surface area contributed by atoms with E-state index in [9.17, 15) is 14.7 Å². The van der Waals surface area contributed by atoms with E-state index in [2.05, 4.69) is 0 Å². The number of methoxy groups -OCH3 is 3. The molecule has 7 nitrogen and oxygen atoms in total. The van der Waals surface area contributed by atoms with Gasteiger partial charge in [0.15, 0.2) is 11.5 Å². The van der Waals surface area contributed by atoms with E-state index in [0.29, 0.717) is 24.2 Å². The topological polar surface area (TPSA) is 85.3 Å². The number of hydrogen-bond acceptors (Lipinski definition) is 6. The number of rotatable bonds is 7. The zero-order valence-electron chi connectivity index (χ0n) is 18.0. The highest BCUT2D eigenvalue weighted by Crippen LogP contribution is 2.33. The average Bonchev–Trinajstić information content (AvgIpc) is 3.02. The van der Waals surface area contributed by atoms with Gasteiger partial charge in [0, 0.05) is 12.2 Å². The minimum absolute atomic E-state index is 0.0107. The van der Waals surface area contributed by atoms with E-state index in [1.165, 1.54) is 20.3 Å². The molecule has 0 saturated heterocycles. The van der Waals surface area contributed by atoms with Gasteiger partial charge < -0.3 is 24.2 Å². The summed E-state index contributed by atoms with van der Waals surface area (Å²) in [4.78, 5) is 27.2. The van der Waals surface area contributed by atoms with E-state index >= 15 is 0 Å². The minimum Gasteiger partial charge on any atom is -0.504 e. The van der Waals surface area contributed by atoms with E-state index in [1.54, 1.807) is 37.1 Å². The van der Waals surface area contributed by atoms with Crippen molar-refractivity contribution in [1.29, 1.82) is 0 Å². The fourth-order valence-electron chi connectivity index (χ4n) is 3.48. The largest absolute Gasteiger partial charge is 0.504 e. The number of aromatic hydroxyl groups is 1. The van der Waals surface area contributed by atoms with E-state index in [1.807, 2.05) is 24.3 Å². The van der Waals surface area contributed by atoms with Gasteiger partial charge in [0.25, 0.3) is 5.91 Å². The second-order valence-electron chi connectivity index (χ2n) is 7.00. The van der Waals surface area contributed by atoms with Gasteiger partial charge in [-0.15, -0.1) is 0 Å². The number of nitrogens with zero attached hydrogens (tertiary/aromatic N) is 1. The first-order valence-corrected chi connectivity index (χ1v) is 9.72. The molecule has 0 aromatic heterocycles. The molecule has 31 heavy (non-hydrogen) atoms. The number of amides is 1. The molecule has 0 unspecified atom stereocenters. The maximum absolute atomic E-state index is 13.2. The molecule has 1 aliphatic rings. The first-order valence-electron chi connectivity index (χ1n) is 9.72. The first-order chi connectivity index (χ1) is 14.9. The number of hydrogen-bond donors (Lipinski definition) is 1. The summed E-state index contributed by atoms with van der Waals surface area (Å²) in [6.07, 6.45) is 2.22. The van der Waals surface area contributed by atoms with Crippen molar-refractivity contribution in [2.45, 2.75) is 13.3 Å². The molecule has 0 fully saturated rings. The smallest absolute Gasteiger partial charge is 0.340 e. The zero-order chi connectivity index (χ0) is 22.5. The van der Waals surface area contributed by atoms with E-state index < -0.39 is 5.97 Å². The van der Waals surface area contributed by atoms with Crippen LogP contribution in [0, 0.1) is 0 Å². The third-order valence-corrected chi connectivity index (χ3v) is 5.20. The highest BCUT2D eigenvalue weighted by Gasteiger charge is 2.36. The highest BCUT2D eigenvalue weighted by atomic mass is 16.5. The molecular formula is C24H25NO6. The number of allylic oxidation sites excluding steroid dienone is 1. The Balaban J connectivity index is 1.91. The van der Waals surface area contributed by atoms with Crippen LogP contribution in [-0.2, 0) is 20.7 Å². The number of carbonyl (C=O) groups is 2. The van der Waals surface area contributed by atoms with Gasteiger partial charge in [0.2, 0.25) is 0 Å². The van der Waals surface area contributed by atoms with Crippen LogP contribution >= 0.6 is 0 Å². The molecular weight excluding hydrogens is 398 g/mol. The van der Waals surface area contributed by atoms with Gasteiger partial charge in [-0.2, -0.15) is 0 Å².